The summed E-state index contributed by atoms with van der Waals surface area (Å²) in [4.78, 5) is 42.7. The molecule has 0 fully saturated rings. The van der Waals surface area contributed by atoms with Gasteiger partial charge in [-0.25, -0.2) is 19.2 Å². The highest BCUT2D eigenvalue weighted by molar-refractivity contribution is 6.31. The fraction of sp³-hybridized carbons (Fsp3) is 0.0476. The molecule has 0 aliphatic carbocycles. The Morgan fingerprint density at radius 1 is 0.774 bits per heavy atom. The Hall–Kier alpha value is -3.62. The molecule has 0 aliphatic rings. The molecule has 0 radical (unpaired) electrons. The van der Waals surface area contributed by atoms with E-state index >= 15 is 0 Å². The van der Waals surface area contributed by atoms with Crippen LogP contribution in [-0.2, 0) is 14.3 Å². The average molecular weight is 467 g/mol. The molecule has 0 heterocycles. The molecule has 0 saturated heterocycles. The van der Waals surface area contributed by atoms with E-state index in [2.05, 4.69) is 4.74 Å². The molecule has 0 spiro atoms. The maximum absolute atomic E-state index is 10.9. The van der Waals surface area contributed by atoms with E-state index in [4.69, 9.17) is 38.5 Å². The van der Waals surface area contributed by atoms with E-state index in [1.54, 1.807) is 0 Å². The lowest BCUT2D eigenvalue weighted by atomic mass is 10.1. The van der Waals surface area contributed by atoms with Crippen molar-refractivity contribution in [2.45, 2.75) is 0 Å². The second-order valence-corrected chi connectivity index (χ2v) is 6.47. The number of benzene rings is 2. The van der Waals surface area contributed by atoms with E-state index in [-0.39, 0.29) is 16.7 Å². The lowest BCUT2D eigenvalue weighted by Gasteiger charge is -2.01. The fourth-order valence-electron chi connectivity index (χ4n) is 2.12. The first-order valence-electron chi connectivity index (χ1n) is 8.28. The molecule has 0 saturated carbocycles. The number of hydrogen-bond acceptors (Lipinski definition) is 5. The Morgan fingerprint density at radius 2 is 1.19 bits per heavy atom. The minimum atomic E-state index is -1.15. The fourth-order valence-corrected chi connectivity index (χ4v) is 2.48. The van der Waals surface area contributed by atoms with Crippen LogP contribution in [0.3, 0.4) is 0 Å². The lowest BCUT2D eigenvalue weighted by molar-refractivity contribution is -0.135. The highest BCUT2D eigenvalue weighted by Gasteiger charge is 2.09. The number of methoxy groups -OCH3 is 1. The Labute approximate surface area is 186 Å². The van der Waals surface area contributed by atoms with Crippen molar-refractivity contribution in [2.24, 2.45) is 0 Å². The summed E-state index contributed by atoms with van der Waals surface area (Å²) in [7, 11) is 1.24. The molecule has 2 rings (SSSR count). The SMILES string of the molecule is COC(=O)C=Cc1cc(Cl)ccc1C(=O)O.O=C(O)C=Cc1cc(Cl)ccc1C(=O)O. The zero-order valence-corrected chi connectivity index (χ0v) is 17.4. The molecule has 0 amide bonds. The number of hydrogen-bond donors (Lipinski definition) is 3. The van der Waals surface area contributed by atoms with Gasteiger partial charge >= 0.3 is 23.9 Å². The molecule has 2 aromatic carbocycles. The number of ether oxygens (including phenoxy) is 1. The molecule has 2 aromatic rings. The Kier molecular flexibility index (Phi) is 9.97. The van der Waals surface area contributed by atoms with Crippen LogP contribution in [0.1, 0.15) is 31.8 Å². The maximum Gasteiger partial charge on any atom is 0.336 e. The van der Waals surface area contributed by atoms with E-state index in [9.17, 15) is 19.2 Å². The second-order valence-electron chi connectivity index (χ2n) is 5.60. The first-order valence-corrected chi connectivity index (χ1v) is 9.03. The van der Waals surface area contributed by atoms with Crippen molar-refractivity contribution < 1.29 is 39.2 Å². The standard InChI is InChI=1S/C11H9ClO4.C10H7ClO4/c1-16-10(13)5-2-7-6-8(12)3-4-9(7)11(14)15;11-7-2-3-8(10(14)15)6(5-7)1-4-9(12)13/h2-6H,1H3,(H,14,15);1-5H,(H,12,13)(H,14,15). The van der Waals surface area contributed by atoms with Gasteiger partial charge in [0, 0.05) is 22.2 Å². The highest BCUT2D eigenvalue weighted by Crippen LogP contribution is 2.18. The normalized spacial score (nSPS) is 10.4. The molecule has 8 nitrogen and oxygen atoms in total. The number of halogens is 2. The minimum Gasteiger partial charge on any atom is -0.478 e. The van der Waals surface area contributed by atoms with Crippen LogP contribution in [0.25, 0.3) is 12.2 Å². The molecule has 162 valence electrons. The van der Waals surface area contributed by atoms with Crippen LogP contribution >= 0.6 is 23.2 Å². The van der Waals surface area contributed by atoms with Gasteiger partial charge in [-0.2, -0.15) is 0 Å². The summed E-state index contributed by atoms with van der Waals surface area (Å²) in [5.74, 6) is -3.92. The van der Waals surface area contributed by atoms with Crippen molar-refractivity contribution in [3.63, 3.8) is 0 Å². The van der Waals surface area contributed by atoms with Gasteiger partial charge in [0.1, 0.15) is 0 Å². The first kappa shape index (κ1) is 25.4. The quantitative estimate of drug-likeness (QED) is 0.421. The molecule has 31 heavy (non-hydrogen) atoms. The van der Waals surface area contributed by atoms with Crippen LogP contribution in [0.5, 0.6) is 0 Å². The number of aromatic carboxylic acids is 2. The number of rotatable bonds is 6. The molecule has 0 bridgehead atoms. The van der Waals surface area contributed by atoms with Crippen molar-refractivity contribution in [2.75, 3.05) is 7.11 Å². The Morgan fingerprint density at radius 3 is 1.55 bits per heavy atom. The smallest absolute Gasteiger partial charge is 0.336 e. The lowest BCUT2D eigenvalue weighted by Crippen LogP contribution is -2.00. The van der Waals surface area contributed by atoms with Crippen molar-refractivity contribution in [3.05, 3.63) is 80.8 Å². The number of carbonyl (C=O) groups excluding carboxylic acids is 1. The van der Waals surface area contributed by atoms with Gasteiger partial charge < -0.3 is 20.1 Å². The molecule has 10 heteroatoms. The van der Waals surface area contributed by atoms with Gasteiger partial charge in [-0.3, -0.25) is 0 Å². The van der Waals surface area contributed by atoms with E-state index in [0.29, 0.717) is 15.6 Å². The number of carbonyl (C=O) groups is 4. The van der Waals surface area contributed by atoms with Crippen LogP contribution in [0.15, 0.2) is 48.6 Å². The van der Waals surface area contributed by atoms with Crippen molar-refractivity contribution in [3.8, 4) is 0 Å². The third-order valence-electron chi connectivity index (χ3n) is 3.49. The number of esters is 1. The van der Waals surface area contributed by atoms with Crippen LogP contribution in [0.4, 0.5) is 0 Å². The zero-order chi connectivity index (χ0) is 23.6. The van der Waals surface area contributed by atoms with Gasteiger partial charge in [-0.15, -0.1) is 0 Å². The minimum absolute atomic E-state index is 0.0110. The van der Waals surface area contributed by atoms with Crippen LogP contribution in [-0.4, -0.2) is 46.3 Å². The molecule has 0 unspecified atom stereocenters. The largest absolute Gasteiger partial charge is 0.478 e. The number of aliphatic carboxylic acids is 1. The summed E-state index contributed by atoms with van der Waals surface area (Å²) in [6.07, 6.45) is 4.54. The van der Waals surface area contributed by atoms with E-state index in [0.717, 1.165) is 12.2 Å². The van der Waals surface area contributed by atoms with Gasteiger partial charge in [0.15, 0.2) is 0 Å². The molecule has 3 N–H and O–H groups in total. The number of carboxylic acids is 3. The summed E-state index contributed by atoms with van der Waals surface area (Å²) in [6.45, 7) is 0. The maximum atomic E-state index is 10.9. The van der Waals surface area contributed by atoms with Crippen LogP contribution < -0.4 is 0 Å². The predicted molar refractivity (Wildman–Crippen MR) is 115 cm³/mol. The van der Waals surface area contributed by atoms with Crippen LogP contribution in [0, 0.1) is 0 Å². The topological polar surface area (TPSA) is 138 Å². The summed E-state index contributed by atoms with van der Waals surface area (Å²) in [6, 6.07) is 8.46. The number of carboxylic acid groups (broad SMARTS) is 3. The van der Waals surface area contributed by atoms with Crippen LogP contribution in [0.2, 0.25) is 10.0 Å². The Bertz CT molecular complexity index is 1060. The summed E-state index contributed by atoms with van der Waals surface area (Å²) >= 11 is 11.4. The van der Waals surface area contributed by atoms with Crippen molar-refractivity contribution >= 4 is 59.2 Å². The van der Waals surface area contributed by atoms with Gasteiger partial charge in [0.25, 0.3) is 0 Å². The third kappa shape index (κ3) is 8.73. The van der Waals surface area contributed by atoms with Gasteiger partial charge in [0.05, 0.1) is 18.2 Å². The second kappa shape index (κ2) is 12.2. The summed E-state index contributed by atoms with van der Waals surface area (Å²) < 4.78 is 4.40. The predicted octanol–water partition coefficient (Wildman–Crippen LogP) is 4.36. The zero-order valence-electron chi connectivity index (χ0n) is 15.9. The first-order chi connectivity index (χ1) is 14.5. The molecular weight excluding hydrogens is 451 g/mol. The molecule has 0 aliphatic heterocycles. The molecular formula is C21H16Cl2O8. The van der Waals surface area contributed by atoms with E-state index in [1.807, 2.05) is 0 Å². The van der Waals surface area contributed by atoms with E-state index < -0.39 is 23.9 Å². The highest BCUT2D eigenvalue weighted by atomic mass is 35.5. The molecule has 0 atom stereocenters. The Balaban J connectivity index is 0.000000311. The summed E-state index contributed by atoms with van der Waals surface area (Å²) in [5, 5.41) is 26.8. The van der Waals surface area contributed by atoms with E-state index in [1.165, 1.54) is 55.7 Å². The van der Waals surface area contributed by atoms with Gasteiger partial charge in [-0.1, -0.05) is 23.2 Å². The average Bonchev–Trinajstić information content (AvgIpc) is 2.70. The third-order valence-corrected chi connectivity index (χ3v) is 3.96. The van der Waals surface area contributed by atoms with Gasteiger partial charge in [-0.05, 0) is 59.7 Å². The van der Waals surface area contributed by atoms with Crippen molar-refractivity contribution in [1.29, 1.82) is 0 Å². The van der Waals surface area contributed by atoms with Gasteiger partial charge in [0.2, 0.25) is 0 Å². The van der Waals surface area contributed by atoms with Crippen molar-refractivity contribution in [1.82, 2.24) is 0 Å². The monoisotopic (exact) mass is 466 g/mol. The molecule has 0 aromatic heterocycles. The summed E-state index contributed by atoms with van der Waals surface area (Å²) in [5.41, 5.74) is 0.698.